The Morgan fingerprint density at radius 1 is 1.05 bits per heavy atom. The SMILES string of the molecule is COc1ccc(C(=O)C=Cc2ccncc2)cc1OC. The third-order valence-corrected chi connectivity index (χ3v) is 2.80. The van der Waals surface area contributed by atoms with Gasteiger partial charge >= 0.3 is 0 Å². The molecule has 0 aliphatic rings. The summed E-state index contributed by atoms with van der Waals surface area (Å²) in [6, 6.07) is 8.75. The minimum absolute atomic E-state index is 0.0947. The Kier molecular flexibility index (Phi) is 4.50. The molecule has 0 saturated carbocycles. The number of ether oxygens (including phenoxy) is 2. The van der Waals surface area contributed by atoms with Crippen molar-refractivity contribution in [1.82, 2.24) is 4.98 Å². The number of allylic oxidation sites excluding steroid dienone is 1. The summed E-state index contributed by atoms with van der Waals surface area (Å²) in [6.07, 6.45) is 6.64. The number of nitrogens with zero attached hydrogens (tertiary/aromatic N) is 1. The Hall–Kier alpha value is -2.62. The summed E-state index contributed by atoms with van der Waals surface area (Å²) in [6.45, 7) is 0. The van der Waals surface area contributed by atoms with Crippen LogP contribution in [-0.4, -0.2) is 25.0 Å². The largest absolute Gasteiger partial charge is 0.493 e. The Morgan fingerprint density at radius 3 is 2.40 bits per heavy atom. The number of carbonyl (C=O) groups excluding carboxylic acids is 1. The predicted molar refractivity (Wildman–Crippen MR) is 77.1 cm³/mol. The quantitative estimate of drug-likeness (QED) is 0.618. The molecule has 4 nitrogen and oxygen atoms in total. The second kappa shape index (κ2) is 6.52. The highest BCUT2D eigenvalue weighted by Gasteiger charge is 2.08. The van der Waals surface area contributed by atoms with Gasteiger partial charge in [-0.15, -0.1) is 0 Å². The summed E-state index contributed by atoms with van der Waals surface area (Å²) in [4.78, 5) is 16.0. The molecule has 0 aliphatic heterocycles. The molecule has 4 heteroatoms. The van der Waals surface area contributed by atoms with Crippen LogP contribution in [0.1, 0.15) is 15.9 Å². The summed E-state index contributed by atoms with van der Waals surface area (Å²) in [5.74, 6) is 1.04. The highest BCUT2D eigenvalue weighted by atomic mass is 16.5. The molecule has 0 amide bonds. The van der Waals surface area contributed by atoms with Crippen molar-refractivity contribution in [1.29, 1.82) is 0 Å². The minimum Gasteiger partial charge on any atom is -0.493 e. The number of hydrogen-bond donors (Lipinski definition) is 0. The summed E-state index contributed by atoms with van der Waals surface area (Å²) in [7, 11) is 3.10. The predicted octanol–water partition coefficient (Wildman–Crippen LogP) is 2.99. The van der Waals surface area contributed by atoms with E-state index in [-0.39, 0.29) is 5.78 Å². The monoisotopic (exact) mass is 269 g/mol. The fourth-order valence-electron chi connectivity index (χ4n) is 1.73. The third kappa shape index (κ3) is 3.23. The molecule has 102 valence electrons. The third-order valence-electron chi connectivity index (χ3n) is 2.80. The summed E-state index contributed by atoms with van der Waals surface area (Å²) >= 11 is 0. The zero-order chi connectivity index (χ0) is 14.4. The zero-order valence-corrected chi connectivity index (χ0v) is 11.4. The first-order valence-corrected chi connectivity index (χ1v) is 6.09. The van der Waals surface area contributed by atoms with E-state index in [1.54, 1.807) is 50.9 Å². The number of carbonyl (C=O) groups is 1. The average molecular weight is 269 g/mol. The van der Waals surface area contributed by atoms with E-state index in [1.165, 1.54) is 6.08 Å². The molecule has 1 heterocycles. The van der Waals surface area contributed by atoms with E-state index in [4.69, 9.17) is 9.47 Å². The van der Waals surface area contributed by atoms with E-state index in [1.807, 2.05) is 12.1 Å². The van der Waals surface area contributed by atoms with Crippen LogP contribution >= 0.6 is 0 Å². The van der Waals surface area contributed by atoms with Crippen molar-refractivity contribution in [3.8, 4) is 11.5 Å². The van der Waals surface area contributed by atoms with Gasteiger partial charge in [-0.3, -0.25) is 9.78 Å². The lowest BCUT2D eigenvalue weighted by Gasteiger charge is -2.07. The number of benzene rings is 1. The van der Waals surface area contributed by atoms with Gasteiger partial charge in [-0.1, -0.05) is 6.08 Å². The lowest BCUT2D eigenvalue weighted by atomic mass is 10.1. The molecule has 0 unspecified atom stereocenters. The molecule has 0 aliphatic carbocycles. The first kappa shape index (κ1) is 13.8. The fraction of sp³-hybridized carbons (Fsp3) is 0.125. The molecular formula is C16H15NO3. The smallest absolute Gasteiger partial charge is 0.185 e. The molecule has 0 bridgehead atoms. The number of methoxy groups -OCH3 is 2. The molecule has 20 heavy (non-hydrogen) atoms. The Balaban J connectivity index is 2.19. The number of pyridine rings is 1. The van der Waals surface area contributed by atoms with Crippen LogP contribution in [0.15, 0.2) is 48.8 Å². The molecule has 0 radical (unpaired) electrons. The van der Waals surface area contributed by atoms with Crippen molar-refractivity contribution in [2.45, 2.75) is 0 Å². The second-order valence-electron chi connectivity index (χ2n) is 4.05. The fourth-order valence-corrected chi connectivity index (χ4v) is 1.73. The maximum absolute atomic E-state index is 12.1. The highest BCUT2D eigenvalue weighted by molar-refractivity contribution is 6.07. The first-order chi connectivity index (χ1) is 9.74. The number of aromatic nitrogens is 1. The summed E-state index contributed by atoms with van der Waals surface area (Å²) < 4.78 is 10.3. The van der Waals surface area contributed by atoms with E-state index < -0.39 is 0 Å². The van der Waals surface area contributed by atoms with Gasteiger partial charge in [-0.05, 0) is 42.0 Å². The van der Waals surface area contributed by atoms with Crippen LogP contribution in [-0.2, 0) is 0 Å². The lowest BCUT2D eigenvalue weighted by molar-refractivity contribution is 0.104. The van der Waals surface area contributed by atoms with Crippen molar-refractivity contribution in [2.75, 3.05) is 14.2 Å². The first-order valence-electron chi connectivity index (χ1n) is 6.09. The van der Waals surface area contributed by atoms with Gasteiger partial charge in [-0.25, -0.2) is 0 Å². The van der Waals surface area contributed by atoms with E-state index in [0.717, 1.165) is 5.56 Å². The molecule has 2 aromatic rings. The van der Waals surface area contributed by atoms with Crippen LogP contribution in [0.25, 0.3) is 6.08 Å². The van der Waals surface area contributed by atoms with Gasteiger partial charge in [0.05, 0.1) is 14.2 Å². The number of hydrogen-bond acceptors (Lipinski definition) is 4. The maximum Gasteiger partial charge on any atom is 0.185 e. The molecule has 0 spiro atoms. The summed E-state index contributed by atoms with van der Waals surface area (Å²) in [5.41, 5.74) is 1.47. The molecule has 1 aromatic heterocycles. The van der Waals surface area contributed by atoms with E-state index in [2.05, 4.69) is 4.98 Å². The van der Waals surface area contributed by atoms with Gasteiger partial charge in [0.25, 0.3) is 0 Å². The maximum atomic E-state index is 12.1. The van der Waals surface area contributed by atoms with E-state index >= 15 is 0 Å². The molecule has 0 N–H and O–H groups in total. The highest BCUT2D eigenvalue weighted by Crippen LogP contribution is 2.27. The van der Waals surface area contributed by atoms with Crippen molar-refractivity contribution in [3.63, 3.8) is 0 Å². The van der Waals surface area contributed by atoms with Crippen LogP contribution in [0.5, 0.6) is 11.5 Å². The normalized spacial score (nSPS) is 10.5. The van der Waals surface area contributed by atoms with Crippen LogP contribution in [0.2, 0.25) is 0 Å². The van der Waals surface area contributed by atoms with Crippen LogP contribution < -0.4 is 9.47 Å². The van der Waals surface area contributed by atoms with Gasteiger partial charge in [0.15, 0.2) is 17.3 Å². The van der Waals surface area contributed by atoms with Crippen molar-refractivity contribution < 1.29 is 14.3 Å². The van der Waals surface area contributed by atoms with Gasteiger partial charge in [-0.2, -0.15) is 0 Å². The Labute approximate surface area is 117 Å². The van der Waals surface area contributed by atoms with Crippen LogP contribution in [0, 0.1) is 0 Å². The van der Waals surface area contributed by atoms with Crippen molar-refractivity contribution in [3.05, 3.63) is 59.9 Å². The standard InChI is InChI=1S/C16H15NO3/c1-19-15-6-4-13(11-16(15)20-2)14(18)5-3-12-7-9-17-10-8-12/h3-11H,1-2H3. The number of rotatable bonds is 5. The molecular weight excluding hydrogens is 254 g/mol. The van der Waals surface area contributed by atoms with Gasteiger partial charge in [0.2, 0.25) is 0 Å². The Bertz CT molecular complexity index is 621. The van der Waals surface area contributed by atoms with Gasteiger partial charge < -0.3 is 9.47 Å². The molecule has 0 saturated heterocycles. The zero-order valence-electron chi connectivity index (χ0n) is 11.4. The van der Waals surface area contributed by atoms with E-state index in [0.29, 0.717) is 17.1 Å². The lowest BCUT2D eigenvalue weighted by Crippen LogP contribution is -1.97. The Morgan fingerprint density at radius 2 is 1.75 bits per heavy atom. The van der Waals surface area contributed by atoms with Gasteiger partial charge in [0, 0.05) is 18.0 Å². The van der Waals surface area contributed by atoms with Crippen LogP contribution in [0.3, 0.4) is 0 Å². The van der Waals surface area contributed by atoms with Crippen molar-refractivity contribution in [2.24, 2.45) is 0 Å². The van der Waals surface area contributed by atoms with Crippen LogP contribution in [0.4, 0.5) is 0 Å². The topological polar surface area (TPSA) is 48.4 Å². The molecule has 2 rings (SSSR count). The molecule has 1 aromatic carbocycles. The average Bonchev–Trinajstić information content (AvgIpc) is 2.52. The van der Waals surface area contributed by atoms with Gasteiger partial charge in [0.1, 0.15) is 0 Å². The van der Waals surface area contributed by atoms with E-state index in [9.17, 15) is 4.79 Å². The van der Waals surface area contributed by atoms with Crippen molar-refractivity contribution >= 4 is 11.9 Å². The molecule has 0 fully saturated rings. The molecule has 0 atom stereocenters. The minimum atomic E-state index is -0.0947. The summed E-state index contributed by atoms with van der Waals surface area (Å²) in [5, 5.41) is 0. The number of ketones is 1. The second-order valence-corrected chi connectivity index (χ2v) is 4.05.